The van der Waals surface area contributed by atoms with Gasteiger partial charge in [0, 0.05) is 25.0 Å². The normalized spacial score (nSPS) is 20.6. The third-order valence-corrected chi connectivity index (χ3v) is 5.09. The number of aromatic nitrogens is 5. The Hall–Kier alpha value is -1.50. The van der Waals surface area contributed by atoms with Crippen LogP contribution in [-0.2, 0) is 0 Å². The standard InChI is InChI=1S/C13H18N6S/c1-9-15-17-13(20-9)18-6-4-10(5-7-18)12-16-14-8-19(12)11-2-3-11/h8,10-11H,2-7H2,1H3. The fourth-order valence-electron chi connectivity index (χ4n) is 2.92. The van der Waals surface area contributed by atoms with Crippen molar-refractivity contribution in [2.45, 2.75) is 44.6 Å². The highest BCUT2D eigenvalue weighted by Crippen LogP contribution is 2.38. The van der Waals surface area contributed by atoms with Gasteiger partial charge in [-0.3, -0.25) is 0 Å². The second kappa shape index (κ2) is 4.80. The van der Waals surface area contributed by atoms with E-state index in [1.54, 1.807) is 11.3 Å². The number of piperidine rings is 1. The van der Waals surface area contributed by atoms with Crippen molar-refractivity contribution in [2.75, 3.05) is 18.0 Å². The molecule has 6 nitrogen and oxygen atoms in total. The van der Waals surface area contributed by atoms with Crippen LogP contribution in [0.5, 0.6) is 0 Å². The Morgan fingerprint density at radius 1 is 1.10 bits per heavy atom. The van der Waals surface area contributed by atoms with Gasteiger partial charge in [0.15, 0.2) is 0 Å². The fraction of sp³-hybridized carbons (Fsp3) is 0.692. The average Bonchev–Trinajstić information content (AvgIpc) is 3.04. The molecular weight excluding hydrogens is 272 g/mol. The maximum absolute atomic E-state index is 4.37. The average molecular weight is 290 g/mol. The summed E-state index contributed by atoms with van der Waals surface area (Å²) in [6.45, 7) is 4.08. The van der Waals surface area contributed by atoms with Crippen molar-refractivity contribution >= 4 is 16.5 Å². The van der Waals surface area contributed by atoms with E-state index in [-0.39, 0.29) is 0 Å². The molecule has 2 aromatic rings. The second-order valence-corrected chi connectivity index (χ2v) is 6.85. The molecule has 0 aromatic carbocycles. The van der Waals surface area contributed by atoms with E-state index in [4.69, 9.17) is 0 Å². The van der Waals surface area contributed by atoms with Crippen LogP contribution in [0.3, 0.4) is 0 Å². The quantitative estimate of drug-likeness (QED) is 0.867. The van der Waals surface area contributed by atoms with Gasteiger partial charge in [0.05, 0.1) is 0 Å². The van der Waals surface area contributed by atoms with Crippen LogP contribution in [0.2, 0.25) is 0 Å². The predicted octanol–water partition coefficient (Wildman–Crippen LogP) is 2.16. The number of hydrogen-bond donors (Lipinski definition) is 0. The molecule has 2 aromatic heterocycles. The number of rotatable bonds is 3. The topological polar surface area (TPSA) is 59.7 Å². The zero-order valence-electron chi connectivity index (χ0n) is 11.6. The molecule has 0 N–H and O–H groups in total. The first-order valence-corrected chi connectivity index (χ1v) is 8.07. The molecule has 0 unspecified atom stereocenters. The largest absolute Gasteiger partial charge is 0.347 e. The van der Waals surface area contributed by atoms with Crippen molar-refractivity contribution in [3.63, 3.8) is 0 Å². The van der Waals surface area contributed by atoms with E-state index in [1.807, 2.05) is 13.3 Å². The molecule has 7 heteroatoms. The molecule has 1 aliphatic heterocycles. The van der Waals surface area contributed by atoms with Gasteiger partial charge in [-0.1, -0.05) is 11.3 Å². The predicted molar refractivity (Wildman–Crippen MR) is 77.1 cm³/mol. The SMILES string of the molecule is Cc1nnc(N2CCC(c3nncn3C3CC3)CC2)s1. The molecule has 0 radical (unpaired) electrons. The highest BCUT2D eigenvalue weighted by Gasteiger charge is 2.31. The van der Waals surface area contributed by atoms with Gasteiger partial charge in [-0.05, 0) is 32.6 Å². The minimum absolute atomic E-state index is 0.545. The molecule has 0 amide bonds. The van der Waals surface area contributed by atoms with Crippen molar-refractivity contribution < 1.29 is 0 Å². The highest BCUT2D eigenvalue weighted by molar-refractivity contribution is 7.15. The van der Waals surface area contributed by atoms with Crippen molar-refractivity contribution in [3.05, 3.63) is 17.2 Å². The van der Waals surface area contributed by atoms with E-state index in [9.17, 15) is 0 Å². The van der Waals surface area contributed by atoms with Gasteiger partial charge in [0.25, 0.3) is 0 Å². The Morgan fingerprint density at radius 2 is 1.90 bits per heavy atom. The second-order valence-electron chi connectivity index (χ2n) is 5.69. The zero-order chi connectivity index (χ0) is 13.5. The van der Waals surface area contributed by atoms with Crippen LogP contribution in [0.1, 0.15) is 48.5 Å². The molecule has 2 fully saturated rings. The minimum Gasteiger partial charge on any atom is -0.347 e. The van der Waals surface area contributed by atoms with Crippen molar-refractivity contribution in [2.24, 2.45) is 0 Å². The summed E-state index contributed by atoms with van der Waals surface area (Å²) in [7, 11) is 0. The molecule has 4 rings (SSSR count). The Labute approximate surface area is 121 Å². The van der Waals surface area contributed by atoms with Crippen LogP contribution in [0.25, 0.3) is 0 Å². The summed E-state index contributed by atoms with van der Waals surface area (Å²) in [5, 5.41) is 18.9. The van der Waals surface area contributed by atoms with E-state index in [1.165, 1.54) is 18.7 Å². The number of anilines is 1. The lowest BCUT2D eigenvalue weighted by Gasteiger charge is -2.31. The first-order valence-electron chi connectivity index (χ1n) is 7.26. The molecule has 2 aliphatic rings. The molecule has 20 heavy (non-hydrogen) atoms. The van der Waals surface area contributed by atoms with E-state index in [2.05, 4.69) is 29.9 Å². The summed E-state index contributed by atoms with van der Waals surface area (Å²) in [4.78, 5) is 2.35. The first kappa shape index (κ1) is 12.3. The summed E-state index contributed by atoms with van der Waals surface area (Å²) < 4.78 is 2.30. The molecule has 3 heterocycles. The maximum atomic E-state index is 4.37. The van der Waals surface area contributed by atoms with Gasteiger partial charge in [0.1, 0.15) is 17.2 Å². The Balaban J connectivity index is 1.45. The monoisotopic (exact) mass is 290 g/mol. The zero-order valence-corrected chi connectivity index (χ0v) is 12.4. The Morgan fingerprint density at radius 3 is 2.55 bits per heavy atom. The lowest BCUT2D eigenvalue weighted by molar-refractivity contribution is 0.464. The highest BCUT2D eigenvalue weighted by atomic mass is 32.1. The Kier molecular flexibility index (Phi) is 2.94. The van der Waals surface area contributed by atoms with Crippen LogP contribution in [0, 0.1) is 6.92 Å². The Bertz CT molecular complexity index is 594. The van der Waals surface area contributed by atoms with Crippen LogP contribution >= 0.6 is 11.3 Å². The number of aryl methyl sites for hydroxylation is 1. The molecule has 1 saturated carbocycles. The van der Waals surface area contributed by atoms with E-state index >= 15 is 0 Å². The van der Waals surface area contributed by atoms with Gasteiger partial charge in [0.2, 0.25) is 5.13 Å². The van der Waals surface area contributed by atoms with Crippen molar-refractivity contribution in [3.8, 4) is 0 Å². The van der Waals surface area contributed by atoms with Gasteiger partial charge in [-0.15, -0.1) is 20.4 Å². The first-order chi connectivity index (χ1) is 9.81. The van der Waals surface area contributed by atoms with E-state index in [0.29, 0.717) is 12.0 Å². The molecule has 106 valence electrons. The maximum Gasteiger partial charge on any atom is 0.208 e. The van der Waals surface area contributed by atoms with Crippen LogP contribution in [0.15, 0.2) is 6.33 Å². The smallest absolute Gasteiger partial charge is 0.208 e. The summed E-state index contributed by atoms with van der Waals surface area (Å²) in [5.41, 5.74) is 0. The molecule has 1 saturated heterocycles. The van der Waals surface area contributed by atoms with E-state index < -0.39 is 0 Å². The third-order valence-electron chi connectivity index (χ3n) is 4.19. The molecule has 1 aliphatic carbocycles. The summed E-state index contributed by atoms with van der Waals surface area (Å²) in [5.74, 6) is 1.74. The third kappa shape index (κ3) is 2.19. The number of hydrogen-bond acceptors (Lipinski definition) is 6. The van der Waals surface area contributed by atoms with Crippen molar-refractivity contribution in [1.29, 1.82) is 0 Å². The lowest BCUT2D eigenvalue weighted by Crippen LogP contribution is -2.33. The molecule has 0 spiro atoms. The fourth-order valence-corrected chi connectivity index (χ4v) is 3.66. The van der Waals surface area contributed by atoms with Crippen LogP contribution < -0.4 is 4.90 Å². The van der Waals surface area contributed by atoms with Gasteiger partial charge in [-0.25, -0.2) is 0 Å². The molecule has 0 bridgehead atoms. The summed E-state index contributed by atoms with van der Waals surface area (Å²) in [6, 6.07) is 0.670. The number of nitrogens with zero attached hydrogens (tertiary/aromatic N) is 6. The minimum atomic E-state index is 0.545. The van der Waals surface area contributed by atoms with Crippen LogP contribution in [-0.4, -0.2) is 38.1 Å². The van der Waals surface area contributed by atoms with E-state index in [0.717, 1.165) is 36.1 Å². The lowest BCUT2D eigenvalue weighted by atomic mass is 9.96. The van der Waals surface area contributed by atoms with Crippen molar-refractivity contribution in [1.82, 2.24) is 25.0 Å². The van der Waals surface area contributed by atoms with Gasteiger partial charge < -0.3 is 9.47 Å². The molecular formula is C13H18N6S. The van der Waals surface area contributed by atoms with Gasteiger partial charge >= 0.3 is 0 Å². The van der Waals surface area contributed by atoms with Gasteiger partial charge in [-0.2, -0.15) is 0 Å². The van der Waals surface area contributed by atoms with Crippen LogP contribution in [0.4, 0.5) is 5.13 Å². The summed E-state index contributed by atoms with van der Waals surface area (Å²) >= 11 is 1.68. The molecule has 0 atom stereocenters. The summed E-state index contributed by atoms with van der Waals surface area (Å²) in [6.07, 6.45) is 6.74.